The Kier molecular flexibility index (Phi) is 12.9. The average molecular weight is 358 g/mol. The summed E-state index contributed by atoms with van der Waals surface area (Å²) in [4.78, 5) is 0. The molecule has 5 heteroatoms. The molecule has 0 saturated heterocycles. The average Bonchev–Trinajstić information content (AvgIpc) is 2.44. The molecule has 24 heavy (non-hydrogen) atoms. The molecule has 0 saturated carbocycles. The quantitative estimate of drug-likeness (QED) is 0.312. The largest absolute Gasteiger partial charge is 0.748 e. The second-order valence-electron chi connectivity index (χ2n) is 6.74. The molecule has 0 aliphatic rings. The molecule has 0 amide bonds. The van der Waals surface area contributed by atoms with Gasteiger partial charge in [0, 0.05) is 5.75 Å². The lowest BCUT2D eigenvalue weighted by Crippen LogP contribution is -2.84. The minimum atomic E-state index is -4.04. The molecule has 0 unspecified atom stereocenters. The Morgan fingerprint density at radius 1 is 0.917 bits per heavy atom. The van der Waals surface area contributed by atoms with Gasteiger partial charge in [-0.3, -0.25) is 0 Å². The molecule has 0 aromatic rings. The smallest absolute Gasteiger partial charge is 0.0945 e. The fraction of sp³-hybridized carbons (Fsp3) is 0.684. The number of unbranched alkanes of at least 4 members (excludes halogenated alkanes) is 1. The molecule has 0 bridgehead atoms. The van der Waals surface area contributed by atoms with Crippen LogP contribution in [0.15, 0.2) is 34.9 Å². The van der Waals surface area contributed by atoms with Crippen molar-refractivity contribution in [2.75, 3.05) is 18.8 Å². The molecule has 0 rings (SSSR count). The van der Waals surface area contributed by atoms with Gasteiger partial charge in [0.2, 0.25) is 0 Å². The summed E-state index contributed by atoms with van der Waals surface area (Å²) in [5.41, 5.74) is 4.23. The van der Waals surface area contributed by atoms with E-state index in [2.05, 4.69) is 51.2 Å². The summed E-state index contributed by atoms with van der Waals surface area (Å²) in [6.07, 6.45) is 12.5. The molecule has 0 aromatic heterocycles. The van der Waals surface area contributed by atoms with E-state index in [1.54, 1.807) is 0 Å². The topological polar surface area (TPSA) is 73.8 Å². The van der Waals surface area contributed by atoms with Gasteiger partial charge in [0.15, 0.2) is 0 Å². The predicted molar refractivity (Wildman–Crippen MR) is 101 cm³/mol. The zero-order valence-electron chi connectivity index (χ0n) is 15.8. The van der Waals surface area contributed by atoms with E-state index in [-0.39, 0.29) is 5.75 Å². The zero-order chi connectivity index (χ0) is 18.4. The third-order valence-corrected chi connectivity index (χ3v) is 4.60. The maximum atomic E-state index is 10.5. The molecule has 0 heterocycles. The third kappa shape index (κ3) is 17.4. The highest BCUT2D eigenvalue weighted by atomic mass is 32.2. The number of nitrogens with two attached hydrogens (primary N) is 1. The number of allylic oxidation sites excluding steroid dienone is 5. The summed E-state index contributed by atoms with van der Waals surface area (Å²) in [6, 6.07) is 0. The first kappa shape index (κ1) is 23.1. The third-order valence-electron chi connectivity index (χ3n) is 3.81. The van der Waals surface area contributed by atoms with E-state index in [4.69, 9.17) is 0 Å². The predicted octanol–water partition coefficient (Wildman–Crippen LogP) is 3.29. The van der Waals surface area contributed by atoms with Gasteiger partial charge in [0.25, 0.3) is 0 Å². The van der Waals surface area contributed by atoms with E-state index < -0.39 is 10.1 Å². The van der Waals surface area contributed by atoms with Crippen LogP contribution in [0.25, 0.3) is 0 Å². The van der Waals surface area contributed by atoms with Gasteiger partial charge in [-0.05, 0) is 72.3 Å². The van der Waals surface area contributed by atoms with E-state index in [9.17, 15) is 13.0 Å². The molecular formula is C19H35NO3S. The maximum absolute atomic E-state index is 10.5. The molecule has 0 aromatic carbocycles. The van der Waals surface area contributed by atoms with Crippen LogP contribution in [0.3, 0.4) is 0 Å². The van der Waals surface area contributed by atoms with Gasteiger partial charge < -0.3 is 9.87 Å². The van der Waals surface area contributed by atoms with Crippen LogP contribution < -0.4 is 5.32 Å². The summed E-state index contributed by atoms with van der Waals surface area (Å²) >= 11 is 0. The molecule has 2 N–H and O–H groups in total. The Hall–Kier alpha value is -0.910. The van der Waals surface area contributed by atoms with Gasteiger partial charge in [-0.1, -0.05) is 28.9 Å². The van der Waals surface area contributed by atoms with E-state index in [1.165, 1.54) is 16.7 Å². The summed E-state index contributed by atoms with van der Waals surface area (Å²) in [5.74, 6) is -0.241. The standard InChI is InChI=1S/C19H35NO3S/c1-17(2)9-7-10-18(3)11-8-12-19(4)13-15-20-14-5-6-16-24(21,22)23/h9,11,13,20H,5-8,10,12,14-16H2,1-4H3,(H,21,22,23)/b18-11+,19-13+. The first-order chi connectivity index (χ1) is 11.2. The van der Waals surface area contributed by atoms with Crippen LogP contribution in [0.2, 0.25) is 0 Å². The number of quaternary nitrogens is 1. The highest BCUT2D eigenvalue weighted by Gasteiger charge is 1.97. The highest BCUT2D eigenvalue weighted by molar-refractivity contribution is 7.85. The number of rotatable bonds is 13. The van der Waals surface area contributed by atoms with Crippen molar-refractivity contribution >= 4 is 10.1 Å². The number of hydrogen-bond acceptors (Lipinski definition) is 3. The van der Waals surface area contributed by atoms with Crippen LogP contribution in [0.4, 0.5) is 0 Å². The van der Waals surface area contributed by atoms with E-state index >= 15 is 0 Å². The molecule has 0 aliphatic carbocycles. The van der Waals surface area contributed by atoms with Crippen molar-refractivity contribution in [3.8, 4) is 0 Å². The Morgan fingerprint density at radius 2 is 1.50 bits per heavy atom. The summed E-state index contributed by atoms with van der Waals surface area (Å²) in [5, 5.41) is 2.15. The van der Waals surface area contributed by atoms with Crippen LogP contribution >= 0.6 is 0 Å². The Morgan fingerprint density at radius 3 is 2.08 bits per heavy atom. The van der Waals surface area contributed by atoms with Crippen LogP contribution in [-0.4, -0.2) is 31.8 Å². The van der Waals surface area contributed by atoms with Crippen LogP contribution in [0, 0.1) is 0 Å². The summed E-state index contributed by atoms with van der Waals surface area (Å²) < 4.78 is 31.4. The molecule has 0 fully saturated rings. The molecule has 0 atom stereocenters. The second kappa shape index (κ2) is 13.4. The lowest BCUT2D eigenvalue weighted by atomic mass is 10.1. The molecule has 0 spiro atoms. The van der Waals surface area contributed by atoms with Gasteiger partial charge in [-0.15, -0.1) is 0 Å². The molecule has 0 aliphatic heterocycles. The second-order valence-corrected chi connectivity index (χ2v) is 8.27. The van der Waals surface area contributed by atoms with Gasteiger partial charge in [0.1, 0.15) is 0 Å². The van der Waals surface area contributed by atoms with Gasteiger partial charge in [-0.2, -0.15) is 0 Å². The van der Waals surface area contributed by atoms with Crippen molar-refractivity contribution in [2.45, 2.75) is 66.2 Å². The SMILES string of the molecule is CC(C)=CCC/C(C)=C/CC/C(C)=C/C[NH2+]CCCCS(=O)(=O)[O-]. The highest BCUT2D eigenvalue weighted by Crippen LogP contribution is 2.10. The van der Waals surface area contributed by atoms with Crippen molar-refractivity contribution in [1.29, 1.82) is 0 Å². The van der Waals surface area contributed by atoms with E-state index in [1.807, 2.05) is 0 Å². The van der Waals surface area contributed by atoms with Crippen molar-refractivity contribution < 1.29 is 18.3 Å². The normalized spacial score (nSPS) is 13.2. The van der Waals surface area contributed by atoms with Gasteiger partial charge >= 0.3 is 0 Å². The number of hydrogen-bond donors (Lipinski definition) is 1. The summed E-state index contributed by atoms with van der Waals surface area (Å²) in [6.45, 7) is 10.4. The Bertz CT molecular complexity index is 527. The van der Waals surface area contributed by atoms with Crippen molar-refractivity contribution in [3.63, 3.8) is 0 Å². The maximum Gasteiger partial charge on any atom is 0.0945 e. The summed E-state index contributed by atoms with van der Waals surface area (Å²) in [7, 11) is -4.04. The molecular weight excluding hydrogens is 322 g/mol. The van der Waals surface area contributed by atoms with E-state index in [0.717, 1.165) is 45.2 Å². The van der Waals surface area contributed by atoms with Crippen molar-refractivity contribution in [2.24, 2.45) is 0 Å². The van der Waals surface area contributed by atoms with E-state index in [0.29, 0.717) is 6.42 Å². The lowest BCUT2D eigenvalue weighted by Gasteiger charge is -2.05. The van der Waals surface area contributed by atoms with Crippen molar-refractivity contribution in [1.82, 2.24) is 0 Å². The molecule has 0 radical (unpaired) electrons. The molecule has 4 nitrogen and oxygen atoms in total. The van der Waals surface area contributed by atoms with Crippen LogP contribution in [0.5, 0.6) is 0 Å². The fourth-order valence-corrected chi connectivity index (χ4v) is 2.87. The minimum Gasteiger partial charge on any atom is -0.748 e. The first-order valence-electron chi connectivity index (χ1n) is 8.90. The van der Waals surface area contributed by atoms with Crippen molar-refractivity contribution in [3.05, 3.63) is 34.9 Å². The first-order valence-corrected chi connectivity index (χ1v) is 10.5. The fourth-order valence-electron chi connectivity index (χ4n) is 2.31. The van der Waals surface area contributed by atoms with Gasteiger partial charge in [-0.25, -0.2) is 8.42 Å². The van der Waals surface area contributed by atoms with Crippen LogP contribution in [0.1, 0.15) is 66.2 Å². The van der Waals surface area contributed by atoms with Crippen LogP contribution in [-0.2, 0) is 10.1 Å². The Balaban J connectivity index is 3.74. The lowest BCUT2D eigenvalue weighted by molar-refractivity contribution is -0.646. The zero-order valence-corrected chi connectivity index (χ0v) is 16.6. The molecule has 140 valence electrons. The monoisotopic (exact) mass is 357 g/mol. The Labute approximate surface area is 148 Å². The van der Waals surface area contributed by atoms with Gasteiger partial charge in [0.05, 0.1) is 23.2 Å². The minimum absolute atomic E-state index is 0.241.